The zero-order valence-electron chi connectivity index (χ0n) is 10.1. The van der Waals surface area contributed by atoms with E-state index >= 15 is 0 Å². The van der Waals surface area contributed by atoms with Crippen molar-refractivity contribution in [1.29, 1.82) is 0 Å². The van der Waals surface area contributed by atoms with Gasteiger partial charge < -0.3 is 5.11 Å². The Labute approximate surface area is 117 Å². The summed E-state index contributed by atoms with van der Waals surface area (Å²) in [5, 5.41) is 8.75. The molecule has 0 radical (unpaired) electrons. The number of sulfonamides is 1. The molecule has 0 bridgehead atoms. The number of hydrogen-bond donors (Lipinski definition) is 2. The molecule has 1 rings (SSSR count). The van der Waals surface area contributed by atoms with Gasteiger partial charge in [0.15, 0.2) is 0 Å². The summed E-state index contributed by atoms with van der Waals surface area (Å²) in [6.07, 6.45) is 0.373. The minimum Gasteiger partial charge on any atom is -0.481 e. The van der Waals surface area contributed by atoms with Crippen molar-refractivity contribution in [1.82, 2.24) is 4.72 Å². The van der Waals surface area contributed by atoms with Crippen molar-refractivity contribution in [3.05, 3.63) is 41.4 Å². The van der Waals surface area contributed by atoms with Crippen molar-refractivity contribution in [3.8, 4) is 0 Å². The molecular formula is C12H14ClNO4S. The lowest BCUT2D eigenvalue weighted by atomic mass is 10.1. The summed E-state index contributed by atoms with van der Waals surface area (Å²) in [6, 6.07) is 6.03. The molecule has 0 saturated carbocycles. The summed E-state index contributed by atoms with van der Waals surface area (Å²) in [4.78, 5) is 10.5. The van der Waals surface area contributed by atoms with Crippen LogP contribution in [0, 0.1) is 0 Å². The van der Waals surface area contributed by atoms with E-state index in [1.807, 2.05) is 0 Å². The fourth-order valence-electron chi connectivity index (χ4n) is 1.34. The topological polar surface area (TPSA) is 83.5 Å². The van der Waals surface area contributed by atoms with Crippen LogP contribution in [0.25, 0.3) is 0 Å². The van der Waals surface area contributed by atoms with Crippen LogP contribution in [0.2, 0.25) is 0 Å². The second-order valence-electron chi connectivity index (χ2n) is 3.88. The monoisotopic (exact) mass is 303 g/mol. The Bertz CT molecular complexity index is 566. The summed E-state index contributed by atoms with van der Waals surface area (Å²) < 4.78 is 25.9. The predicted molar refractivity (Wildman–Crippen MR) is 72.6 cm³/mol. The average molecular weight is 304 g/mol. The molecule has 0 aliphatic carbocycles. The van der Waals surface area contributed by atoms with E-state index in [0.29, 0.717) is 6.42 Å². The first kappa shape index (κ1) is 15.7. The van der Waals surface area contributed by atoms with Crippen LogP contribution in [0.5, 0.6) is 0 Å². The standard InChI is InChI=1S/C12H14ClNO4S/c1-9(13)8-14-19(17,18)11-5-2-10(3-6-11)4-7-12(15)16/h2-3,5-6,14H,1,4,7-8H2,(H,15,16). The van der Waals surface area contributed by atoms with Gasteiger partial charge in [0, 0.05) is 18.0 Å². The van der Waals surface area contributed by atoms with Crippen LogP contribution >= 0.6 is 11.6 Å². The van der Waals surface area contributed by atoms with Crippen molar-refractivity contribution < 1.29 is 18.3 Å². The zero-order chi connectivity index (χ0) is 14.5. The lowest BCUT2D eigenvalue weighted by Crippen LogP contribution is -2.24. The smallest absolute Gasteiger partial charge is 0.303 e. The number of nitrogens with one attached hydrogen (secondary N) is 1. The summed E-state index contributed by atoms with van der Waals surface area (Å²) in [5.74, 6) is -0.890. The molecule has 0 aromatic heterocycles. The molecule has 0 amide bonds. The van der Waals surface area contributed by atoms with E-state index in [1.54, 1.807) is 12.1 Å². The lowest BCUT2D eigenvalue weighted by molar-refractivity contribution is -0.136. The molecule has 0 aliphatic rings. The molecular weight excluding hydrogens is 290 g/mol. The van der Waals surface area contributed by atoms with Gasteiger partial charge in [-0.05, 0) is 24.1 Å². The fourth-order valence-corrected chi connectivity index (χ4v) is 2.51. The number of carboxylic acids is 1. The van der Waals surface area contributed by atoms with Crippen LogP contribution in [0.3, 0.4) is 0 Å². The van der Waals surface area contributed by atoms with Gasteiger partial charge >= 0.3 is 5.97 Å². The first-order valence-electron chi connectivity index (χ1n) is 5.45. The number of hydrogen-bond acceptors (Lipinski definition) is 3. The first-order valence-corrected chi connectivity index (χ1v) is 7.31. The molecule has 0 aliphatic heterocycles. The van der Waals surface area contributed by atoms with E-state index in [2.05, 4.69) is 11.3 Å². The van der Waals surface area contributed by atoms with Gasteiger partial charge in [-0.3, -0.25) is 4.79 Å². The van der Waals surface area contributed by atoms with Gasteiger partial charge in [0.2, 0.25) is 10.0 Å². The van der Waals surface area contributed by atoms with Gasteiger partial charge in [0.1, 0.15) is 0 Å². The number of carbonyl (C=O) groups is 1. The van der Waals surface area contributed by atoms with E-state index < -0.39 is 16.0 Å². The molecule has 0 spiro atoms. The largest absolute Gasteiger partial charge is 0.481 e. The number of carboxylic acid groups (broad SMARTS) is 1. The maximum Gasteiger partial charge on any atom is 0.303 e. The van der Waals surface area contributed by atoms with Crippen LogP contribution in [0.15, 0.2) is 40.8 Å². The van der Waals surface area contributed by atoms with E-state index in [-0.39, 0.29) is 22.9 Å². The van der Waals surface area contributed by atoms with Crippen LogP contribution in [-0.4, -0.2) is 26.0 Å². The van der Waals surface area contributed by atoms with Gasteiger partial charge in [0.25, 0.3) is 0 Å². The van der Waals surface area contributed by atoms with Crippen molar-refractivity contribution >= 4 is 27.6 Å². The summed E-state index contributed by atoms with van der Waals surface area (Å²) in [6.45, 7) is 3.35. The summed E-state index contributed by atoms with van der Waals surface area (Å²) in [7, 11) is -3.61. The van der Waals surface area contributed by atoms with Gasteiger partial charge in [-0.2, -0.15) is 0 Å². The molecule has 0 saturated heterocycles. The second-order valence-corrected chi connectivity index (χ2v) is 6.18. The molecule has 0 unspecified atom stereocenters. The maximum absolute atomic E-state index is 11.8. The molecule has 0 atom stereocenters. The lowest BCUT2D eigenvalue weighted by Gasteiger charge is -2.06. The molecule has 5 nitrogen and oxygen atoms in total. The van der Waals surface area contributed by atoms with Crippen molar-refractivity contribution in [2.24, 2.45) is 0 Å². The second kappa shape index (κ2) is 6.70. The number of halogens is 1. The minimum absolute atomic E-state index is 0.0103. The Morgan fingerprint density at radius 3 is 2.37 bits per heavy atom. The average Bonchev–Trinajstić information content (AvgIpc) is 2.34. The van der Waals surface area contributed by atoms with Gasteiger partial charge in [-0.1, -0.05) is 30.3 Å². The highest BCUT2D eigenvalue weighted by atomic mass is 35.5. The van der Waals surface area contributed by atoms with Crippen LogP contribution < -0.4 is 4.72 Å². The number of rotatable bonds is 7. The molecule has 104 valence electrons. The Balaban J connectivity index is 2.74. The van der Waals surface area contributed by atoms with Gasteiger partial charge in [-0.25, -0.2) is 13.1 Å². The summed E-state index contributed by atoms with van der Waals surface area (Å²) >= 11 is 5.49. The number of aliphatic carboxylic acids is 1. The third kappa shape index (κ3) is 5.42. The van der Waals surface area contributed by atoms with Crippen LogP contribution in [0.1, 0.15) is 12.0 Å². The molecule has 0 fully saturated rings. The normalized spacial score (nSPS) is 11.2. The molecule has 2 N–H and O–H groups in total. The Kier molecular flexibility index (Phi) is 5.53. The quantitative estimate of drug-likeness (QED) is 0.803. The fraction of sp³-hybridized carbons (Fsp3) is 0.250. The van der Waals surface area contributed by atoms with Crippen molar-refractivity contribution in [2.75, 3.05) is 6.54 Å². The highest BCUT2D eigenvalue weighted by Crippen LogP contribution is 2.12. The summed E-state index contributed by atoms with van der Waals surface area (Å²) in [5.41, 5.74) is 0.767. The molecule has 0 heterocycles. The third-order valence-corrected chi connectivity index (χ3v) is 3.87. The van der Waals surface area contributed by atoms with Crippen molar-refractivity contribution in [2.45, 2.75) is 17.7 Å². The van der Waals surface area contributed by atoms with Gasteiger partial charge in [0.05, 0.1) is 4.90 Å². The SMILES string of the molecule is C=C(Cl)CNS(=O)(=O)c1ccc(CCC(=O)O)cc1. The Hall–Kier alpha value is -1.37. The van der Waals surface area contributed by atoms with E-state index in [9.17, 15) is 13.2 Å². The van der Waals surface area contributed by atoms with E-state index in [0.717, 1.165) is 5.56 Å². The predicted octanol–water partition coefficient (Wildman–Crippen LogP) is 1.73. The molecule has 1 aromatic carbocycles. The van der Waals surface area contributed by atoms with Crippen LogP contribution in [-0.2, 0) is 21.2 Å². The highest BCUT2D eigenvalue weighted by molar-refractivity contribution is 7.89. The molecule has 1 aromatic rings. The number of benzene rings is 1. The molecule has 19 heavy (non-hydrogen) atoms. The first-order chi connectivity index (χ1) is 8.81. The molecule has 7 heteroatoms. The zero-order valence-corrected chi connectivity index (χ0v) is 11.7. The third-order valence-electron chi connectivity index (χ3n) is 2.32. The van der Waals surface area contributed by atoms with Gasteiger partial charge in [-0.15, -0.1) is 0 Å². The van der Waals surface area contributed by atoms with Crippen molar-refractivity contribution in [3.63, 3.8) is 0 Å². The number of aryl methyl sites for hydroxylation is 1. The highest BCUT2D eigenvalue weighted by Gasteiger charge is 2.13. The Morgan fingerprint density at radius 2 is 1.89 bits per heavy atom. The van der Waals surface area contributed by atoms with E-state index in [1.165, 1.54) is 12.1 Å². The Morgan fingerprint density at radius 1 is 1.32 bits per heavy atom. The van der Waals surface area contributed by atoms with E-state index in [4.69, 9.17) is 16.7 Å². The van der Waals surface area contributed by atoms with Crippen LogP contribution in [0.4, 0.5) is 0 Å². The maximum atomic E-state index is 11.8. The minimum atomic E-state index is -3.61.